The molecule has 5 N–H and O–H groups in total. The van der Waals surface area contributed by atoms with Gasteiger partial charge in [0, 0.05) is 30.4 Å². The lowest BCUT2D eigenvalue weighted by atomic mass is 10.0. The number of fused-ring (bicyclic) bond motifs is 1. The second kappa shape index (κ2) is 10.4. The molecule has 0 aliphatic heterocycles. The number of para-hydroxylation sites is 1. The number of carbonyl (C=O) groups excluding carboxylic acids is 3. The normalized spacial score (nSPS) is 12.9. The van der Waals surface area contributed by atoms with Gasteiger partial charge in [0.2, 0.25) is 17.7 Å². The first kappa shape index (κ1) is 22.9. The van der Waals surface area contributed by atoms with Crippen molar-refractivity contribution in [2.24, 2.45) is 5.92 Å². The van der Waals surface area contributed by atoms with Crippen molar-refractivity contribution in [2.75, 3.05) is 6.54 Å². The summed E-state index contributed by atoms with van der Waals surface area (Å²) in [5.41, 5.74) is 1.65. The van der Waals surface area contributed by atoms with E-state index in [9.17, 15) is 24.3 Å². The van der Waals surface area contributed by atoms with E-state index in [1.54, 1.807) is 6.20 Å². The molecule has 0 unspecified atom stereocenters. The third-order valence-corrected chi connectivity index (χ3v) is 4.56. The molecular formula is C21H28N4O5. The van der Waals surface area contributed by atoms with Crippen molar-refractivity contribution in [3.63, 3.8) is 0 Å². The van der Waals surface area contributed by atoms with Crippen LogP contribution in [0.2, 0.25) is 0 Å². The maximum Gasteiger partial charge on any atom is 0.326 e. The van der Waals surface area contributed by atoms with Crippen molar-refractivity contribution in [3.05, 3.63) is 36.0 Å². The minimum Gasteiger partial charge on any atom is -0.480 e. The number of aromatic amines is 1. The van der Waals surface area contributed by atoms with Crippen LogP contribution >= 0.6 is 0 Å². The van der Waals surface area contributed by atoms with Gasteiger partial charge in [0.05, 0.1) is 6.54 Å². The zero-order chi connectivity index (χ0) is 22.3. The number of carbonyl (C=O) groups is 4. The van der Waals surface area contributed by atoms with Crippen LogP contribution in [0.25, 0.3) is 10.9 Å². The van der Waals surface area contributed by atoms with Crippen LogP contribution in [0, 0.1) is 5.92 Å². The van der Waals surface area contributed by atoms with Gasteiger partial charge in [-0.15, -0.1) is 0 Å². The van der Waals surface area contributed by atoms with Crippen LogP contribution in [0.4, 0.5) is 0 Å². The number of hydrogen-bond donors (Lipinski definition) is 5. The minimum atomic E-state index is -1.17. The molecule has 162 valence electrons. The Balaban J connectivity index is 1.95. The van der Waals surface area contributed by atoms with Crippen molar-refractivity contribution in [1.29, 1.82) is 0 Å². The van der Waals surface area contributed by atoms with Gasteiger partial charge in [0.1, 0.15) is 12.1 Å². The molecule has 1 heterocycles. The molecule has 0 aliphatic rings. The second-order valence-corrected chi connectivity index (χ2v) is 7.62. The number of hydrogen-bond acceptors (Lipinski definition) is 4. The number of nitrogens with one attached hydrogen (secondary N) is 4. The topological polar surface area (TPSA) is 140 Å². The number of benzene rings is 1. The first-order chi connectivity index (χ1) is 14.2. The van der Waals surface area contributed by atoms with Gasteiger partial charge in [-0.2, -0.15) is 0 Å². The van der Waals surface area contributed by atoms with Crippen LogP contribution in [0.5, 0.6) is 0 Å². The summed E-state index contributed by atoms with van der Waals surface area (Å²) in [6.07, 6.45) is 2.24. The summed E-state index contributed by atoms with van der Waals surface area (Å²) in [6, 6.07) is 5.58. The summed E-state index contributed by atoms with van der Waals surface area (Å²) in [7, 11) is 0. The van der Waals surface area contributed by atoms with Gasteiger partial charge in [0.15, 0.2) is 0 Å². The number of aromatic nitrogens is 1. The van der Waals surface area contributed by atoms with Gasteiger partial charge in [-0.05, 0) is 24.0 Å². The van der Waals surface area contributed by atoms with E-state index in [-0.39, 0.29) is 24.8 Å². The molecule has 0 saturated carbocycles. The molecular weight excluding hydrogens is 388 g/mol. The lowest BCUT2D eigenvalue weighted by molar-refractivity contribution is -0.141. The zero-order valence-corrected chi connectivity index (χ0v) is 17.3. The average molecular weight is 416 g/mol. The molecule has 9 heteroatoms. The molecule has 0 radical (unpaired) electrons. The van der Waals surface area contributed by atoms with E-state index < -0.39 is 29.9 Å². The van der Waals surface area contributed by atoms with Gasteiger partial charge in [-0.25, -0.2) is 4.79 Å². The molecule has 1 aromatic carbocycles. The van der Waals surface area contributed by atoms with E-state index in [2.05, 4.69) is 20.9 Å². The third-order valence-electron chi connectivity index (χ3n) is 4.56. The standard InChI is InChI=1S/C21H28N4O5/c1-12(2)8-17(24-13(3)26)20(28)23-11-19(27)25-18(21(29)30)9-14-10-22-16-7-5-4-6-15(14)16/h4-7,10,12,17-18,22H,8-9,11H2,1-3H3,(H,23,28)(H,24,26)(H,25,27)(H,29,30)/t17-,18+/m1/s1. The fourth-order valence-electron chi connectivity index (χ4n) is 3.20. The Labute approximate surface area is 174 Å². The van der Waals surface area contributed by atoms with Crippen LogP contribution in [0.15, 0.2) is 30.5 Å². The Bertz CT molecular complexity index is 921. The maximum absolute atomic E-state index is 12.3. The van der Waals surface area contributed by atoms with Crippen LogP contribution < -0.4 is 16.0 Å². The Kier molecular flexibility index (Phi) is 7.97. The predicted molar refractivity (Wildman–Crippen MR) is 112 cm³/mol. The highest BCUT2D eigenvalue weighted by molar-refractivity contribution is 5.91. The number of H-pyrrole nitrogens is 1. The molecule has 2 rings (SSSR count). The summed E-state index contributed by atoms with van der Waals surface area (Å²) in [5, 5.41) is 17.8. The Morgan fingerprint density at radius 3 is 2.40 bits per heavy atom. The lowest BCUT2D eigenvalue weighted by Gasteiger charge is -2.20. The summed E-state index contributed by atoms with van der Waals surface area (Å²) >= 11 is 0. The molecule has 0 aliphatic carbocycles. The second-order valence-electron chi connectivity index (χ2n) is 7.62. The molecule has 2 aromatic rings. The van der Waals surface area contributed by atoms with Gasteiger partial charge in [-0.3, -0.25) is 14.4 Å². The van der Waals surface area contributed by atoms with Crippen LogP contribution in [0.3, 0.4) is 0 Å². The third kappa shape index (κ3) is 6.61. The number of carboxylic acid groups (broad SMARTS) is 1. The fraction of sp³-hybridized carbons (Fsp3) is 0.429. The number of rotatable bonds is 10. The van der Waals surface area contributed by atoms with E-state index in [0.717, 1.165) is 16.5 Å². The van der Waals surface area contributed by atoms with Gasteiger partial charge in [0.25, 0.3) is 0 Å². The largest absolute Gasteiger partial charge is 0.480 e. The summed E-state index contributed by atoms with van der Waals surface area (Å²) in [4.78, 5) is 50.6. The average Bonchev–Trinajstić information content (AvgIpc) is 3.07. The van der Waals surface area contributed by atoms with Crippen molar-refractivity contribution in [2.45, 2.75) is 45.7 Å². The van der Waals surface area contributed by atoms with E-state index in [1.165, 1.54) is 6.92 Å². The predicted octanol–water partition coefficient (Wildman–Crippen LogP) is 0.947. The van der Waals surface area contributed by atoms with Crippen molar-refractivity contribution < 1.29 is 24.3 Å². The SMILES string of the molecule is CC(=O)N[C@H](CC(C)C)C(=O)NCC(=O)N[C@@H](Cc1c[nH]c2ccccc12)C(=O)O. The van der Waals surface area contributed by atoms with Crippen LogP contribution in [0.1, 0.15) is 32.8 Å². The molecule has 9 nitrogen and oxygen atoms in total. The molecule has 30 heavy (non-hydrogen) atoms. The number of carboxylic acids is 1. The number of amides is 3. The molecule has 0 fully saturated rings. The van der Waals surface area contributed by atoms with E-state index >= 15 is 0 Å². The fourth-order valence-corrected chi connectivity index (χ4v) is 3.20. The van der Waals surface area contributed by atoms with Crippen LogP contribution in [-0.2, 0) is 25.6 Å². The lowest BCUT2D eigenvalue weighted by Crippen LogP contribution is -2.51. The Morgan fingerprint density at radius 1 is 1.07 bits per heavy atom. The smallest absolute Gasteiger partial charge is 0.326 e. The van der Waals surface area contributed by atoms with Crippen LogP contribution in [-0.4, -0.2) is 52.4 Å². The van der Waals surface area contributed by atoms with E-state index in [4.69, 9.17) is 0 Å². The van der Waals surface area contributed by atoms with Crippen molar-refractivity contribution in [1.82, 2.24) is 20.9 Å². The highest BCUT2D eigenvalue weighted by Crippen LogP contribution is 2.19. The molecule has 0 spiro atoms. The van der Waals surface area contributed by atoms with Gasteiger partial charge in [-0.1, -0.05) is 32.0 Å². The molecule has 1 aromatic heterocycles. The molecule has 3 amide bonds. The first-order valence-electron chi connectivity index (χ1n) is 9.79. The highest BCUT2D eigenvalue weighted by atomic mass is 16.4. The monoisotopic (exact) mass is 416 g/mol. The minimum absolute atomic E-state index is 0.0981. The Morgan fingerprint density at radius 2 is 1.77 bits per heavy atom. The van der Waals surface area contributed by atoms with E-state index in [0.29, 0.717) is 6.42 Å². The van der Waals surface area contributed by atoms with Gasteiger partial charge < -0.3 is 26.0 Å². The quantitative estimate of drug-likeness (QED) is 0.392. The zero-order valence-electron chi connectivity index (χ0n) is 17.3. The van der Waals surface area contributed by atoms with Crippen molar-refractivity contribution >= 4 is 34.6 Å². The Hall–Kier alpha value is -3.36. The number of aliphatic carboxylic acids is 1. The maximum atomic E-state index is 12.3. The molecule has 0 saturated heterocycles. The van der Waals surface area contributed by atoms with E-state index in [1.807, 2.05) is 38.1 Å². The summed E-state index contributed by atoms with van der Waals surface area (Å²) in [5.74, 6) is -2.46. The summed E-state index contributed by atoms with van der Waals surface area (Å²) in [6.45, 7) is 4.76. The highest BCUT2D eigenvalue weighted by Gasteiger charge is 2.24. The molecule has 2 atom stereocenters. The van der Waals surface area contributed by atoms with Gasteiger partial charge >= 0.3 is 5.97 Å². The van der Waals surface area contributed by atoms with Crippen molar-refractivity contribution in [3.8, 4) is 0 Å². The summed E-state index contributed by atoms with van der Waals surface area (Å²) < 4.78 is 0. The molecule has 0 bridgehead atoms. The first-order valence-corrected chi connectivity index (χ1v) is 9.79.